The maximum atomic E-state index is 13.8. The van der Waals surface area contributed by atoms with Gasteiger partial charge in [0.1, 0.15) is 0 Å². The summed E-state index contributed by atoms with van der Waals surface area (Å²) in [5, 5.41) is 7.36. The van der Waals surface area contributed by atoms with Crippen molar-refractivity contribution in [2.75, 3.05) is 32.8 Å². The highest BCUT2D eigenvalue weighted by Gasteiger charge is 2.52. The Morgan fingerprint density at radius 1 is 0.818 bits per heavy atom. The van der Waals surface area contributed by atoms with Crippen molar-refractivity contribution in [1.29, 1.82) is 0 Å². The zero-order valence-electron chi connectivity index (χ0n) is 18.5. The first-order chi connectivity index (χ1) is 16.1. The van der Waals surface area contributed by atoms with Crippen molar-refractivity contribution in [3.8, 4) is 0 Å². The number of hydrogen-bond donors (Lipinski definition) is 1. The van der Waals surface area contributed by atoms with Gasteiger partial charge in [-0.3, -0.25) is 14.6 Å². The summed E-state index contributed by atoms with van der Waals surface area (Å²) in [4.78, 5) is 32.9. The van der Waals surface area contributed by atoms with Crippen LogP contribution in [-0.2, 0) is 23.3 Å². The fourth-order valence-electron chi connectivity index (χ4n) is 4.73. The molecule has 1 N–H and O–H groups in total. The van der Waals surface area contributed by atoms with E-state index >= 15 is 0 Å². The summed E-state index contributed by atoms with van der Waals surface area (Å²) in [7, 11) is 0. The molecule has 0 saturated carbocycles. The minimum absolute atomic E-state index is 0.178. The van der Waals surface area contributed by atoms with Crippen LogP contribution in [0.1, 0.15) is 16.7 Å². The standard InChI is InChI=1S/C26H28N4O2S/c31-24-26(23-9-5-2-6-10-23,17-21-7-3-1-4-8-21)27-25(32)30(24)20-29-14-12-28(13-15-29)18-22-11-16-33-19-22/h1-11,16,19H,12-15,17-18,20H2,(H,27,32)/t26-/m0/s1. The molecule has 5 rings (SSSR count). The van der Waals surface area contributed by atoms with E-state index in [-0.39, 0.29) is 11.9 Å². The summed E-state index contributed by atoms with van der Waals surface area (Å²) in [6.45, 7) is 4.78. The number of carbonyl (C=O) groups excluding carboxylic acids is 2. The summed E-state index contributed by atoms with van der Waals surface area (Å²) in [5.41, 5.74) is 2.09. The van der Waals surface area contributed by atoms with Crippen molar-refractivity contribution in [2.45, 2.75) is 18.5 Å². The van der Waals surface area contributed by atoms with Gasteiger partial charge in [-0.25, -0.2) is 9.69 Å². The van der Waals surface area contributed by atoms with Gasteiger partial charge in [0, 0.05) is 39.1 Å². The van der Waals surface area contributed by atoms with Crippen LogP contribution < -0.4 is 5.32 Å². The Labute approximate surface area is 198 Å². The van der Waals surface area contributed by atoms with Crippen LogP contribution in [0, 0.1) is 0 Å². The molecule has 3 heterocycles. The second kappa shape index (κ2) is 9.47. The molecule has 3 aromatic rings. The van der Waals surface area contributed by atoms with E-state index in [1.165, 1.54) is 10.5 Å². The van der Waals surface area contributed by atoms with Gasteiger partial charge in [0.25, 0.3) is 5.91 Å². The molecule has 0 aliphatic carbocycles. The number of benzene rings is 2. The number of amides is 3. The normalized spacial score (nSPS) is 22.0. The highest BCUT2D eigenvalue weighted by molar-refractivity contribution is 7.07. The summed E-state index contributed by atoms with van der Waals surface area (Å²) < 4.78 is 0. The molecule has 2 aromatic carbocycles. The second-order valence-corrected chi connectivity index (χ2v) is 9.54. The van der Waals surface area contributed by atoms with E-state index in [0.29, 0.717) is 13.1 Å². The monoisotopic (exact) mass is 460 g/mol. The number of rotatable bonds is 7. The van der Waals surface area contributed by atoms with Crippen LogP contribution >= 0.6 is 11.3 Å². The van der Waals surface area contributed by atoms with Gasteiger partial charge in [0.2, 0.25) is 0 Å². The third kappa shape index (κ3) is 4.57. The Hall–Kier alpha value is -3.00. The number of urea groups is 1. The predicted molar refractivity (Wildman–Crippen MR) is 130 cm³/mol. The molecule has 3 amide bonds. The maximum absolute atomic E-state index is 13.8. The van der Waals surface area contributed by atoms with Crippen LogP contribution in [0.15, 0.2) is 77.5 Å². The predicted octanol–water partition coefficient (Wildman–Crippen LogP) is 3.51. The first-order valence-corrected chi connectivity index (χ1v) is 12.3. The van der Waals surface area contributed by atoms with Gasteiger partial charge in [-0.1, -0.05) is 60.7 Å². The number of thiophene rings is 1. The number of carbonyl (C=O) groups is 2. The van der Waals surface area contributed by atoms with E-state index in [2.05, 4.69) is 31.9 Å². The highest BCUT2D eigenvalue weighted by Crippen LogP contribution is 2.33. The van der Waals surface area contributed by atoms with Crippen LogP contribution in [0.3, 0.4) is 0 Å². The van der Waals surface area contributed by atoms with Gasteiger partial charge in [-0.15, -0.1) is 0 Å². The average Bonchev–Trinajstić information content (AvgIpc) is 3.44. The van der Waals surface area contributed by atoms with Gasteiger partial charge in [0.05, 0.1) is 6.67 Å². The minimum Gasteiger partial charge on any atom is -0.319 e. The summed E-state index contributed by atoms with van der Waals surface area (Å²) in [6, 6.07) is 21.3. The molecule has 2 saturated heterocycles. The van der Waals surface area contributed by atoms with Crippen molar-refractivity contribution in [2.24, 2.45) is 0 Å². The molecule has 1 atom stereocenters. The minimum atomic E-state index is -1.08. The van der Waals surface area contributed by atoms with Crippen LogP contribution in [0.5, 0.6) is 0 Å². The smallest absolute Gasteiger partial charge is 0.319 e. The van der Waals surface area contributed by atoms with Gasteiger partial charge in [-0.2, -0.15) is 11.3 Å². The van der Waals surface area contributed by atoms with Crippen LogP contribution in [0.25, 0.3) is 0 Å². The zero-order valence-corrected chi connectivity index (χ0v) is 19.3. The van der Waals surface area contributed by atoms with Crippen molar-refractivity contribution in [1.82, 2.24) is 20.0 Å². The summed E-state index contributed by atoms with van der Waals surface area (Å²) >= 11 is 1.72. The van der Waals surface area contributed by atoms with E-state index in [1.807, 2.05) is 60.7 Å². The molecule has 7 heteroatoms. The molecule has 6 nitrogen and oxygen atoms in total. The average molecular weight is 461 g/mol. The first kappa shape index (κ1) is 21.8. The largest absolute Gasteiger partial charge is 0.326 e. The number of hydrogen-bond acceptors (Lipinski definition) is 5. The molecule has 0 bridgehead atoms. The number of nitrogens with zero attached hydrogens (tertiary/aromatic N) is 3. The first-order valence-electron chi connectivity index (χ1n) is 11.3. The van der Waals surface area contributed by atoms with Gasteiger partial charge >= 0.3 is 6.03 Å². The number of piperazine rings is 1. The third-order valence-corrected chi connectivity index (χ3v) is 7.28. The van der Waals surface area contributed by atoms with Crippen molar-refractivity contribution >= 4 is 23.3 Å². The molecule has 170 valence electrons. The Balaban J connectivity index is 1.30. The molecule has 33 heavy (non-hydrogen) atoms. The lowest BCUT2D eigenvalue weighted by Gasteiger charge is -2.36. The Kier molecular flexibility index (Phi) is 6.26. The molecule has 2 aliphatic heterocycles. The Morgan fingerprint density at radius 3 is 2.15 bits per heavy atom. The van der Waals surface area contributed by atoms with E-state index in [4.69, 9.17) is 0 Å². The quantitative estimate of drug-likeness (QED) is 0.549. The summed E-state index contributed by atoms with van der Waals surface area (Å²) in [6.07, 6.45) is 0.424. The molecular weight excluding hydrogens is 432 g/mol. The van der Waals surface area contributed by atoms with Crippen LogP contribution in [0.4, 0.5) is 4.79 Å². The molecule has 2 fully saturated rings. The maximum Gasteiger partial charge on any atom is 0.326 e. The van der Waals surface area contributed by atoms with Crippen molar-refractivity contribution in [3.63, 3.8) is 0 Å². The Bertz CT molecular complexity index is 1080. The molecule has 0 unspecified atom stereocenters. The zero-order chi connectivity index (χ0) is 22.7. The van der Waals surface area contributed by atoms with Gasteiger partial charge < -0.3 is 5.32 Å². The van der Waals surface area contributed by atoms with Crippen molar-refractivity contribution < 1.29 is 9.59 Å². The SMILES string of the molecule is O=C1N[C@@](Cc2ccccc2)(c2ccccc2)C(=O)N1CN1CCN(Cc2ccsc2)CC1. The fourth-order valence-corrected chi connectivity index (χ4v) is 5.39. The van der Waals surface area contributed by atoms with Crippen LogP contribution in [0.2, 0.25) is 0 Å². The van der Waals surface area contributed by atoms with Gasteiger partial charge in [0.15, 0.2) is 5.54 Å². The lowest BCUT2D eigenvalue weighted by Crippen LogP contribution is -2.51. The summed E-state index contributed by atoms with van der Waals surface area (Å²) in [5.74, 6) is -0.178. The lowest BCUT2D eigenvalue weighted by atomic mass is 9.83. The van der Waals surface area contributed by atoms with Crippen molar-refractivity contribution in [3.05, 3.63) is 94.2 Å². The van der Waals surface area contributed by atoms with E-state index < -0.39 is 5.54 Å². The number of imide groups is 1. The number of nitrogens with one attached hydrogen (secondary N) is 1. The topological polar surface area (TPSA) is 55.9 Å². The van der Waals surface area contributed by atoms with Crippen LogP contribution in [-0.4, -0.2) is 59.5 Å². The van der Waals surface area contributed by atoms with E-state index in [0.717, 1.165) is 43.9 Å². The second-order valence-electron chi connectivity index (χ2n) is 8.76. The highest BCUT2D eigenvalue weighted by atomic mass is 32.1. The molecule has 0 spiro atoms. The molecule has 1 aromatic heterocycles. The molecular formula is C26H28N4O2S. The van der Waals surface area contributed by atoms with E-state index in [1.54, 1.807) is 11.3 Å². The molecule has 2 aliphatic rings. The molecule has 0 radical (unpaired) electrons. The van der Waals surface area contributed by atoms with Gasteiger partial charge in [-0.05, 0) is 33.5 Å². The third-order valence-electron chi connectivity index (χ3n) is 6.55. The van der Waals surface area contributed by atoms with E-state index in [9.17, 15) is 9.59 Å². The Morgan fingerprint density at radius 2 is 1.48 bits per heavy atom. The lowest BCUT2D eigenvalue weighted by molar-refractivity contribution is -0.133. The fraction of sp³-hybridized carbons (Fsp3) is 0.308.